The zero-order chi connectivity index (χ0) is 23.5. The highest BCUT2D eigenvalue weighted by Gasteiger charge is 2.23. The number of phenolic OH excluding ortho intramolecular Hbond substituents is 1. The summed E-state index contributed by atoms with van der Waals surface area (Å²) in [5.74, 6) is 1.62. The summed E-state index contributed by atoms with van der Waals surface area (Å²) in [5.41, 5.74) is 8.91. The number of nitrogens with two attached hydrogens (primary N) is 1. The van der Waals surface area contributed by atoms with E-state index in [2.05, 4.69) is 36.0 Å². The van der Waals surface area contributed by atoms with Crippen molar-refractivity contribution in [3.05, 3.63) is 47.3 Å². The van der Waals surface area contributed by atoms with E-state index in [1.165, 1.54) is 0 Å². The maximum Gasteiger partial charge on any atom is 0.241 e. The Kier molecular flexibility index (Phi) is 6.11. The number of nitrogens with zero attached hydrogens (tertiary/aromatic N) is 5. The average Bonchev–Trinajstić information content (AvgIpc) is 3.50. The lowest BCUT2D eigenvalue weighted by molar-refractivity contribution is -0.122. The summed E-state index contributed by atoms with van der Waals surface area (Å²) in [6.07, 6.45) is 5.36. The Morgan fingerprint density at radius 3 is 2.82 bits per heavy atom. The van der Waals surface area contributed by atoms with Gasteiger partial charge in [0.05, 0.1) is 11.3 Å². The highest BCUT2D eigenvalue weighted by molar-refractivity contribution is 6.03. The molecule has 1 aromatic carbocycles. The molecule has 2 aromatic heterocycles. The molecule has 1 fully saturated rings. The number of hydrogen-bond donors (Lipinski definition) is 5. The van der Waals surface area contributed by atoms with Gasteiger partial charge in [0.25, 0.3) is 0 Å². The molecule has 11 nitrogen and oxygen atoms in total. The van der Waals surface area contributed by atoms with Crippen LogP contribution in [0.2, 0.25) is 0 Å². The molecule has 0 radical (unpaired) electrons. The van der Waals surface area contributed by atoms with E-state index in [0.717, 1.165) is 18.4 Å². The SMILES string of the molecule is CNc1nc(Nc2ccn(CC(=O)NC3CC3)n2)ncc1C(N)=Nc1c(C)ccc(O)c1C. The molecule has 0 saturated heterocycles. The topological polar surface area (TPSA) is 155 Å². The number of phenols is 1. The van der Waals surface area contributed by atoms with E-state index in [1.54, 1.807) is 49.2 Å². The Labute approximate surface area is 191 Å². The van der Waals surface area contributed by atoms with Crippen LogP contribution in [-0.4, -0.2) is 49.7 Å². The van der Waals surface area contributed by atoms with Gasteiger partial charge >= 0.3 is 0 Å². The molecule has 0 atom stereocenters. The van der Waals surface area contributed by atoms with Crippen LogP contribution in [0.3, 0.4) is 0 Å². The summed E-state index contributed by atoms with van der Waals surface area (Å²) in [6, 6.07) is 5.47. The van der Waals surface area contributed by atoms with Crippen LogP contribution in [0.1, 0.15) is 29.5 Å². The van der Waals surface area contributed by atoms with Gasteiger partial charge in [-0.2, -0.15) is 10.1 Å². The number of carbonyl (C=O) groups excluding carboxylic acids is 1. The minimum Gasteiger partial charge on any atom is -0.508 e. The van der Waals surface area contributed by atoms with Gasteiger partial charge in [0.15, 0.2) is 5.82 Å². The number of aliphatic imine (C=N–C) groups is 1. The number of aromatic hydroxyl groups is 1. The van der Waals surface area contributed by atoms with Crippen molar-refractivity contribution in [2.24, 2.45) is 10.7 Å². The first-order valence-corrected chi connectivity index (χ1v) is 10.6. The molecule has 3 aromatic rings. The second-order valence-electron chi connectivity index (χ2n) is 7.94. The molecule has 0 spiro atoms. The Morgan fingerprint density at radius 1 is 1.30 bits per heavy atom. The third kappa shape index (κ3) is 5.20. The lowest BCUT2D eigenvalue weighted by Gasteiger charge is -2.11. The maximum absolute atomic E-state index is 11.9. The summed E-state index contributed by atoms with van der Waals surface area (Å²) in [7, 11) is 1.72. The third-order valence-electron chi connectivity index (χ3n) is 5.27. The van der Waals surface area contributed by atoms with E-state index < -0.39 is 0 Å². The van der Waals surface area contributed by atoms with Gasteiger partial charge in [-0.15, -0.1) is 0 Å². The summed E-state index contributed by atoms with van der Waals surface area (Å²) in [4.78, 5) is 25.2. The smallest absolute Gasteiger partial charge is 0.241 e. The van der Waals surface area contributed by atoms with Crippen molar-refractivity contribution in [2.45, 2.75) is 39.3 Å². The van der Waals surface area contributed by atoms with Crippen molar-refractivity contribution < 1.29 is 9.90 Å². The van der Waals surface area contributed by atoms with Gasteiger partial charge in [0.2, 0.25) is 11.9 Å². The van der Waals surface area contributed by atoms with Gasteiger partial charge in [-0.25, -0.2) is 9.98 Å². The van der Waals surface area contributed by atoms with Gasteiger partial charge in [-0.05, 0) is 38.3 Å². The summed E-state index contributed by atoms with van der Waals surface area (Å²) >= 11 is 0. The molecule has 4 rings (SSSR count). The second-order valence-corrected chi connectivity index (χ2v) is 7.94. The maximum atomic E-state index is 11.9. The summed E-state index contributed by atoms with van der Waals surface area (Å²) in [5, 5.41) is 23.3. The third-order valence-corrected chi connectivity index (χ3v) is 5.27. The lowest BCUT2D eigenvalue weighted by Crippen LogP contribution is -2.29. The molecule has 1 aliphatic rings. The number of aromatic nitrogens is 4. The molecule has 11 heteroatoms. The number of hydrogen-bond acceptors (Lipinski definition) is 8. The molecule has 6 N–H and O–H groups in total. The van der Waals surface area contributed by atoms with Crippen LogP contribution in [0.4, 0.5) is 23.3 Å². The number of amidine groups is 1. The molecule has 1 saturated carbocycles. The first-order chi connectivity index (χ1) is 15.8. The minimum absolute atomic E-state index is 0.0582. The van der Waals surface area contributed by atoms with Crippen LogP contribution in [-0.2, 0) is 11.3 Å². The zero-order valence-electron chi connectivity index (χ0n) is 18.8. The largest absolute Gasteiger partial charge is 0.508 e. The monoisotopic (exact) mass is 449 g/mol. The standard InChI is InChI=1S/C22H27N9O2/c1-12-4-7-16(32)13(2)19(12)28-20(23)15-10-25-22(29-21(15)24-3)27-17-8-9-31(30-17)11-18(33)26-14-5-6-14/h4,7-10,14,32H,5-6,11H2,1-3H3,(H2,23,28)(H,26,33)(H2,24,25,27,29,30). The molecule has 0 bridgehead atoms. The van der Waals surface area contributed by atoms with E-state index in [9.17, 15) is 9.90 Å². The first kappa shape index (κ1) is 22.1. The highest BCUT2D eigenvalue weighted by Crippen LogP contribution is 2.31. The average molecular weight is 450 g/mol. The molecule has 2 heterocycles. The van der Waals surface area contributed by atoms with Crippen LogP contribution in [0, 0.1) is 13.8 Å². The second kappa shape index (κ2) is 9.15. The first-order valence-electron chi connectivity index (χ1n) is 10.6. The van der Waals surface area contributed by atoms with Crippen molar-refractivity contribution in [1.29, 1.82) is 0 Å². The Bertz CT molecular complexity index is 1210. The van der Waals surface area contributed by atoms with E-state index in [4.69, 9.17) is 5.73 Å². The normalized spacial score (nSPS) is 13.6. The van der Waals surface area contributed by atoms with Crippen molar-refractivity contribution in [3.8, 4) is 5.75 Å². The number of amides is 1. The van der Waals surface area contributed by atoms with Crippen LogP contribution < -0.4 is 21.7 Å². The van der Waals surface area contributed by atoms with Crippen molar-refractivity contribution >= 4 is 35.0 Å². The van der Waals surface area contributed by atoms with Crippen LogP contribution in [0.15, 0.2) is 35.6 Å². The van der Waals surface area contributed by atoms with Gasteiger partial charge in [0, 0.05) is 37.1 Å². The summed E-state index contributed by atoms with van der Waals surface area (Å²) < 4.78 is 1.55. The van der Waals surface area contributed by atoms with E-state index >= 15 is 0 Å². The molecule has 172 valence electrons. The fourth-order valence-corrected chi connectivity index (χ4v) is 3.28. The number of benzene rings is 1. The van der Waals surface area contributed by atoms with Gasteiger partial charge < -0.3 is 26.8 Å². The molecule has 0 aliphatic heterocycles. The van der Waals surface area contributed by atoms with E-state index in [0.29, 0.717) is 40.4 Å². The molecular formula is C22H27N9O2. The number of carbonyl (C=O) groups is 1. The van der Waals surface area contributed by atoms with Gasteiger partial charge in [-0.1, -0.05) is 6.07 Å². The minimum atomic E-state index is -0.0582. The van der Waals surface area contributed by atoms with Crippen LogP contribution in [0.25, 0.3) is 0 Å². The number of nitrogens with one attached hydrogen (secondary N) is 3. The summed E-state index contributed by atoms with van der Waals surface area (Å²) in [6.45, 7) is 3.84. The fraction of sp³-hybridized carbons (Fsp3) is 0.318. The van der Waals surface area contributed by atoms with Crippen molar-refractivity contribution in [3.63, 3.8) is 0 Å². The van der Waals surface area contributed by atoms with E-state index in [-0.39, 0.29) is 24.0 Å². The highest BCUT2D eigenvalue weighted by atomic mass is 16.3. The van der Waals surface area contributed by atoms with E-state index in [1.807, 2.05) is 6.92 Å². The Hall–Kier alpha value is -4.15. The molecule has 1 aliphatic carbocycles. The number of anilines is 3. The number of rotatable bonds is 8. The molecule has 33 heavy (non-hydrogen) atoms. The van der Waals surface area contributed by atoms with Crippen LogP contribution in [0.5, 0.6) is 5.75 Å². The zero-order valence-corrected chi connectivity index (χ0v) is 18.8. The molecule has 1 amide bonds. The lowest BCUT2D eigenvalue weighted by atomic mass is 10.1. The van der Waals surface area contributed by atoms with Crippen molar-refractivity contribution in [1.82, 2.24) is 25.1 Å². The predicted molar refractivity (Wildman–Crippen MR) is 126 cm³/mol. The molecule has 0 unspecified atom stereocenters. The van der Waals surface area contributed by atoms with Gasteiger partial charge in [0.1, 0.15) is 23.9 Å². The van der Waals surface area contributed by atoms with Crippen LogP contribution >= 0.6 is 0 Å². The molecular weight excluding hydrogens is 422 g/mol. The fourth-order valence-electron chi connectivity index (χ4n) is 3.28. The number of aryl methyl sites for hydroxylation is 1. The Morgan fingerprint density at radius 2 is 2.09 bits per heavy atom. The predicted octanol–water partition coefficient (Wildman–Crippen LogP) is 2.10. The van der Waals surface area contributed by atoms with Crippen molar-refractivity contribution in [2.75, 3.05) is 17.7 Å². The van der Waals surface area contributed by atoms with Gasteiger partial charge in [-0.3, -0.25) is 9.48 Å². The quantitative estimate of drug-likeness (QED) is 0.259. The Balaban J connectivity index is 1.50.